The lowest BCUT2D eigenvalue weighted by molar-refractivity contribution is -0.385. The SMILES string of the molecule is COc1cc(C#CCN2CCCCC2)ccc1[N+](=O)[O-]. The zero-order chi connectivity index (χ0) is 14.4. The van der Waals surface area contributed by atoms with Crippen LogP contribution in [-0.4, -0.2) is 36.6 Å². The van der Waals surface area contributed by atoms with Crippen LogP contribution in [0, 0.1) is 22.0 Å². The molecule has 0 N–H and O–H groups in total. The molecule has 5 nitrogen and oxygen atoms in total. The van der Waals surface area contributed by atoms with E-state index in [1.807, 2.05) is 0 Å². The lowest BCUT2D eigenvalue weighted by atomic mass is 10.1. The van der Waals surface area contributed by atoms with E-state index in [2.05, 4.69) is 16.7 Å². The fraction of sp³-hybridized carbons (Fsp3) is 0.467. The quantitative estimate of drug-likeness (QED) is 0.482. The van der Waals surface area contributed by atoms with Gasteiger partial charge < -0.3 is 4.74 Å². The lowest BCUT2D eigenvalue weighted by Crippen LogP contribution is -2.29. The third kappa shape index (κ3) is 3.72. The summed E-state index contributed by atoms with van der Waals surface area (Å²) in [6.45, 7) is 2.97. The van der Waals surface area contributed by atoms with Crippen molar-refractivity contribution < 1.29 is 9.66 Å². The number of nitrogens with zero attached hydrogens (tertiary/aromatic N) is 2. The number of hydrogen-bond donors (Lipinski definition) is 0. The van der Waals surface area contributed by atoms with Gasteiger partial charge in [0.25, 0.3) is 0 Å². The summed E-state index contributed by atoms with van der Waals surface area (Å²) in [7, 11) is 1.42. The van der Waals surface area contributed by atoms with Crippen molar-refractivity contribution in [3.8, 4) is 17.6 Å². The minimum Gasteiger partial charge on any atom is -0.490 e. The highest BCUT2D eigenvalue weighted by Crippen LogP contribution is 2.27. The number of ether oxygens (including phenoxy) is 1. The Kier molecular flexibility index (Phi) is 4.97. The number of methoxy groups -OCH3 is 1. The number of benzene rings is 1. The monoisotopic (exact) mass is 274 g/mol. The third-order valence-corrected chi connectivity index (χ3v) is 3.36. The van der Waals surface area contributed by atoms with E-state index in [-0.39, 0.29) is 11.4 Å². The first kappa shape index (κ1) is 14.4. The zero-order valence-corrected chi connectivity index (χ0v) is 11.6. The van der Waals surface area contributed by atoms with Crippen LogP contribution in [-0.2, 0) is 0 Å². The molecule has 0 unspecified atom stereocenters. The van der Waals surface area contributed by atoms with E-state index in [1.54, 1.807) is 12.1 Å². The van der Waals surface area contributed by atoms with E-state index in [1.165, 1.54) is 32.4 Å². The van der Waals surface area contributed by atoms with Crippen LogP contribution in [0.25, 0.3) is 0 Å². The van der Waals surface area contributed by atoms with Crippen molar-refractivity contribution in [3.05, 3.63) is 33.9 Å². The van der Waals surface area contributed by atoms with Crippen LogP contribution in [0.15, 0.2) is 18.2 Å². The fourth-order valence-electron chi connectivity index (χ4n) is 2.28. The van der Waals surface area contributed by atoms with E-state index >= 15 is 0 Å². The highest BCUT2D eigenvalue weighted by Gasteiger charge is 2.14. The van der Waals surface area contributed by atoms with E-state index in [0.29, 0.717) is 0 Å². The second-order valence-corrected chi connectivity index (χ2v) is 4.78. The van der Waals surface area contributed by atoms with Crippen molar-refractivity contribution in [1.82, 2.24) is 4.90 Å². The average molecular weight is 274 g/mol. The maximum Gasteiger partial charge on any atom is 0.310 e. The molecule has 0 bridgehead atoms. The van der Waals surface area contributed by atoms with Crippen LogP contribution in [0.2, 0.25) is 0 Å². The molecule has 2 rings (SSSR count). The standard InChI is InChI=1S/C15H18N2O3/c1-20-15-12-13(7-8-14(15)17(18)19)6-5-11-16-9-3-2-4-10-16/h7-8,12H,2-4,9-11H2,1H3. The Morgan fingerprint density at radius 2 is 2.10 bits per heavy atom. The molecule has 0 spiro atoms. The normalized spacial score (nSPS) is 15.2. The van der Waals surface area contributed by atoms with E-state index in [9.17, 15) is 10.1 Å². The number of nitro benzene ring substituents is 1. The molecule has 0 radical (unpaired) electrons. The molecule has 0 aliphatic carbocycles. The van der Waals surface area contributed by atoms with Gasteiger partial charge in [-0.05, 0) is 32.0 Å². The molecule has 0 aromatic heterocycles. The predicted octanol–water partition coefficient (Wildman–Crippen LogP) is 2.44. The zero-order valence-electron chi connectivity index (χ0n) is 11.6. The second-order valence-electron chi connectivity index (χ2n) is 4.78. The van der Waals surface area contributed by atoms with Gasteiger partial charge in [0.2, 0.25) is 0 Å². The molecule has 106 valence electrons. The van der Waals surface area contributed by atoms with Crippen LogP contribution < -0.4 is 4.74 Å². The smallest absolute Gasteiger partial charge is 0.310 e. The first-order valence-corrected chi connectivity index (χ1v) is 6.74. The summed E-state index contributed by atoms with van der Waals surface area (Å²) in [5, 5.41) is 10.8. The predicted molar refractivity (Wildman–Crippen MR) is 76.8 cm³/mol. The van der Waals surface area contributed by atoms with Gasteiger partial charge in [-0.3, -0.25) is 15.0 Å². The molecule has 0 amide bonds. The molecular formula is C15H18N2O3. The maximum absolute atomic E-state index is 10.8. The molecule has 1 aliphatic heterocycles. The van der Waals surface area contributed by atoms with E-state index in [4.69, 9.17) is 4.74 Å². The lowest BCUT2D eigenvalue weighted by Gasteiger charge is -2.23. The van der Waals surface area contributed by atoms with Gasteiger partial charge in [0.05, 0.1) is 18.6 Å². The third-order valence-electron chi connectivity index (χ3n) is 3.36. The molecule has 1 aromatic carbocycles. The number of piperidine rings is 1. The molecule has 5 heteroatoms. The molecule has 1 fully saturated rings. The largest absolute Gasteiger partial charge is 0.490 e. The molecule has 0 atom stereocenters. The van der Waals surface area contributed by atoms with Crippen molar-refractivity contribution in [2.24, 2.45) is 0 Å². The van der Waals surface area contributed by atoms with Crippen LogP contribution >= 0.6 is 0 Å². The minimum absolute atomic E-state index is 0.0333. The van der Waals surface area contributed by atoms with Crippen molar-refractivity contribution >= 4 is 5.69 Å². The molecule has 1 aromatic rings. The van der Waals surface area contributed by atoms with Gasteiger partial charge >= 0.3 is 5.69 Å². The Hall–Kier alpha value is -2.06. The van der Waals surface area contributed by atoms with Gasteiger partial charge in [0.15, 0.2) is 5.75 Å². The van der Waals surface area contributed by atoms with Crippen molar-refractivity contribution in [2.75, 3.05) is 26.7 Å². The number of likely N-dealkylation sites (tertiary alicyclic amines) is 1. The molecule has 0 saturated carbocycles. The minimum atomic E-state index is -0.455. The molecular weight excluding hydrogens is 256 g/mol. The summed E-state index contributed by atoms with van der Waals surface area (Å²) < 4.78 is 5.02. The van der Waals surface area contributed by atoms with Crippen molar-refractivity contribution in [2.45, 2.75) is 19.3 Å². The average Bonchev–Trinajstić information content (AvgIpc) is 2.48. The first-order chi connectivity index (χ1) is 9.70. The number of hydrogen-bond acceptors (Lipinski definition) is 4. The fourth-order valence-corrected chi connectivity index (χ4v) is 2.28. The molecule has 1 saturated heterocycles. The molecule has 1 aliphatic rings. The molecule has 20 heavy (non-hydrogen) atoms. The Balaban J connectivity index is 2.04. The van der Waals surface area contributed by atoms with Crippen LogP contribution in [0.4, 0.5) is 5.69 Å². The van der Waals surface area contributed by atoms with Gasteiger partial charge in [-0.25, -0.2) is 0 Å². The summed E-state index contributed by atoms with van der Waals surface area (Å²) in [4.78, 5) is 12.7. The number of rotatable bonds is 3. The Morgan fingerprint density at radius 3 is 2.75 bits per heavy atom. The summed E-state index contributed by atoms with van der Waals surface area (Å²) in [6.07, 6.45) is 3.80. The summed E-state index contributed by atoms with van der Waals surface area (Å²) in [5.74, 6) is 6.41. The highest BCUT2D eigenvalue weighted by atomic mass is 16.6. The second kappa shape index (κ2) is 6.92. The van der Waals surface area contributed by atoms with Crippen LogP contribution in [0.1, 0.15) is 24.8 Å². The van der Waals surface area contributed by atoms with Gasteiger partial charge in [-0.15, -0.1) is 0 Å². The summed E-state index contributed by atoms with van der Waals surface area (Å²) >= 11 is 0. The van der Waals surface area contributed by atoms with Crippen LogP contribution in [0.3, 0.4) is 0 Å². The van der Waals surface area contributed by atoms with Gasteiger partial charge in [0, 0.05) is 17.7 Å². The maximum atomic E-state index is 10.8. The first-order valence-electron chi connectivity index (χ1n) is 6.74. The van der Waals surface area contributed by atoms with Gasteiger partial charge in [-0.1, -0.05) is 18.3 Å². The molecule has 1 heterocycles. The van der Waals surface area contributed by atoms with Gasteiger partial charge in [0.1, 0.15) is 0 Å². The van der Waals surface area contributed by atoms with Crippen molar-refractivity contribution in [1.29, 1.82) is 0 Å². The van der Waals surface area contributed by atoms with E-state index in [0.717, 1.165) is 25.2 Å². The van der Waals surface area contributed by atoms with Gasteiger partial charge in [-0.2, -0.15) is 0 Å². The summed E-state index contributed by atoms with van der Waals surface area (Å²) in [5.41, 5.74) is 0.707. The Bertz CT molecular complexity index is 540. The summed E-state index contributed by atoms with van der Waals surface area (Å²) in [6, 6.07) is 4.70. The highest BCUT2D eigenvalue weighted by molar-refractivity contribution is 5.52. The van der Waals surface area contributed by atoms with E-state index < -0.39 is 4.92 Å². The van der Waals surface area contributed by atoms with Crippen molar-refractivity contribution in [3.63, 3.8) is 0 Å². The number of nitro groups is 1. The Labute approximate surface area is 118 Å². The topological polar surface area (TPSA) is 55.6 Å². The Morgan fingerprint density at radius 1 is 1.35 bits per heavy atom. The van der Waals surface area contributed by atoms with Crippen LogP contribution in [0.5, 0.6) is 5.75 Å².